The minimum atomic E-state index is 0. The van der Waals surface area contributed by atoms with E-state index in [0.29, 0.717) is 6.54 Å². The highest BCUT2D eigenvalue weighted by molar-refractivity contribution is 14.0. The number of rotatable bonds is 4. The van der Waals surface area contributed by atoms with Crippen molar-refractivity contribution in [3.05, 3.63) is 32.2 Å². The first kappa shape index (κ1) is 21.3. The van der Waals surface area contributed by atoms with Crippen molar-refractivity contribution in [1.29, 1.82) is 0 Å². The highest BCUT2D eigenvalue weighted by atomic mass is 127. The van der Waals surface area contributed by atoms with E-state index in [9.17, 15) is 0 Å². The van der Waals surface area contributed by atoms with Gasteiger partial charge in [-0.2, -0.15) is 0 Å². The zero-order chi connectivity index (χ0) is 17.0. The maximum absolute atomic E-state index is 4.71. The average Bonchev–Trinajstić information content (AvgIpc) is 3.08. The van der Waals surface area contributed by atoms with Crippen molar-refractivity contribution in [2.75, 3.05) is 14.1 Å². The van der Waals surface area contributed by atoms with Gasteiger partial charge >= 0.3 is 0 Å². The molecule has 0 saturated carbocycles. The molecule has 0 bridgehead atoms. The van der Waals surface area contributed by atoms with Crippen LogP contribution in [0.15, 0.2) is 15.8 Å². The normalized spacial score (nSPS) is 12.0. The van der Waals surface area contributed by atoms with Gasteiger partial charge in [0, 0.05) is 30.3 Å². The molecule has 0 amide bonds. The fourth-order valence-electron chi connectivity index (χ4n) is 2.07. The smallest absolute Gasteiger partial charge is 0.194 e. The number of aryl methyl sites for hydroxylation is 1. The summed E-state index contributed by atoms with van der Waals surface area (Å²) >= 11 is 3.36. The number of thiazole rings is 2. The zero-order valence-corrected chi connectivity index (χ0v) is 19.0. The van der Waals surface area contributed by atoms with E-state index in [2.05, 4.69) is 51.7 Å². The Morgan fingerprint density at radius 3 is 2.46 bits per heavy atom. The quantitative estimate of drug-likeness (QED) is 0.409. The molecule has 8 heteroatoms. The Bertz CT molecular complexity index is 672. The van der Waals surface area contributed by atoms with Gasteiger partial charge in [0.2, 0.25) is 0 Å². The van der Waals surface area contributed by atoms with E-state index in [0.717, 1.165) is 33.9 Å². The van der Waals surface area contributed by atoms with Crippen molar-refractivity contribution in [1.82, 2.24) is 20.2 Å². The molecule has 2 aromatic rings. The predicted octanol–water partition coefficient (Wildman–Crippen LogP) is 4.03. The highest BCUT2D eigenvalue weighted by Crippen LogP contribution is 2.23. The van der Waals surface area contributed by atoms with Crippen LogP contribution in [0, 0.1) is 6.92 Å². The molecule has 0 spiro atoms. The van der Waals surface area contributed by atoms with E-state index < -0.39 is 0 Å². The second kappa shape index (κ2) is 9.10. The molecule has 5 nitrogen and oxygen atoms in total. The summed E-state index contributed by atoms with van der Waals surface area (Å²) in [4.78, 5) is 15.6. The minimum absolute atomic E-state index is 0. The van der Waals surface area contributed by atoms with Crippen molar-refractivity contribution in [3.8, 4) is 0 Å². The van der Waals surface area contributed by atoms with Crippen LogP contribution in [-0.4, -0.2) is 34.9 Å². The zero-order valence-electron chi connectivity index (χ0n) is 15.1. The fraction of sp³-hybridized carbons (Fsp3) is 0.562. The summed E-state index contributed by atoms with van der Waals surface area (Å²) in [5.41, 5.74) is 2.30. The van der Waals surface area contributed by atoms with Crippen LogP contribution in [0.25, 0.3) is 0 Å². The molecule has 0 aliphatic heterocycles. The van der Waals surface area contributed by atoms with Gasteiger partial charge in [0.05, 0.1) is 29.5 Å². The number of hydrogen-bond acceptors (Lipinski definition) is 5. The second-order valence-electron chi connectivity index (χ2n) is 6.49. The Labute approximate surface area is 169 Å². The number of guanidine groups is 1. The molecule has 2 heterocycles. The third-order valence-electron chi connectivity index (χ3n) is 3.36. The van der Waals surface area contributed by atoms with E-state index in [1.54, 1.807) is 29.7 Å². The van der Waals surface area contributed by atoms with E-state index in [-0.39, 0.29) is 29.4 Å². The lowest BCUT2D eigenvalue weighted by atomic mass is 9.93. The molecule has 2 aromatic heterocycles. The summed E-state index contributed by atoms with van der Waals surface area (Å²) in [6.07, 6.45) is 0. The Morgan fingerprint density at radius 2 is 1.96 bits per heavy atom. The summed E-state index contributed by atoms with van der Waals surface area (Å²) in [5, 5.41) is 9.78. The van der Waals surface area contributed by atoms with Gasteiger partial charge in [-0.3, -0.25) is 4.99 Å². The Hall–Kier alpha value is -0.740. The number of aliphatic imine (C=N–C) groups is 1. The van der Waals surface area contributed by atoms with Crippen molar-refractivity contribution in [3.63, 3.8) is 0 Å². The lowest BCUT2D eigenvalue weighted by Gasteiger charge is -2.20. The molecule has 0 unspecified atom stereocenters. The van der Waals surface area contributed by atoms with Crippen LogP contribution < -0.4 is 5.32 Å². The van der Waals surface area contributed by atoms with Crippen molar-refractivity contribution >= 4 is 52.6 Å². The fourth-order valence-corrected chi connectivity index (χ4v) is 3.64. The van der Waals surface area contributed by atoms with E-state index in [1.165, 1.54) is 0 Å². The van der Waals surface area contributed by atoms with Gasteiger partial charge in [-0.1, -0.05) is 20.8 Å². The minimum Gasteiger partial charge on any atom is -0.350 e. The molecule has 1 N–H and O–H groups in total. The SMILES string of the molecule is CN=C(NCc1nc(C(C)(C)C)cs1)N(C)Cc1csc(C)n1.I. The Kier molecular flexibility index (Phi) is 8.07. The van der Waals surface area contributed by atoms with Crippen molar-refractivity contribution in [2.45, 2.75) is 46.2 Å². The van der Waals surface area contributed by atoms with Crippen LogP contribution in [0.2, 0.25) is 0 Å². The van der Waals surface area contributed by atoms with Crippen LogP contribution in [0.4, 0.5) is 0 Å². The first-order chi connectivity index (χ1) is 10.8. The molecule has 2 rings (SSSR count). The van der Waals surface area contributed by atoms with Gasteiger partial charge in [0.25, 0.3) is 0 Å². The largest absolute Gasteiger partial charge is 0.350 e. The standard InChI is InChI=1S/C16H25N5S2.HI/c1-11-19-12(9-22-11)8-21(6)15(17-5)18-7-14-20-13(10-23-14)16(2,3)4;/h9-10H,7-8H2,1-6H3,(H,17,18);1H. The molecule has 0 aliphatic carbocycles. The Morgan fingerprint density at radius 1 is 1.25 bits per heavy atom. The number of halogens is 1. The van der Waals surface area contributed by atoms with Crippen LogP contribution in [0.5, 0.6) is 0 Å². The first-order valence-electron chi connectivity index (χ1n) is 7.57. The number of nitrogens with zero attached hydrogens (tertiary/aromatic N) is 4. The number of aromatic nitrogens is 2. The molecule has 0 aromatic carbocycles. The second-order valence-corrected chi connectivity index (χ2v) is 8.50. The number of hydrogen-bond donors (Lipinski definition) is 1. The van der Waals surface area contributed by atoms with Gasteiger partial charge in [-0.15, -0.1) is 46.7 Å². The van der Waals surface area contributed by atoms with Gasteiger partial charge in [-0.25, -0.2) is 9.97 Å². The molecule has 134 valence electrons. The average molecular weight is 479 g/mol. The number of nitrogens with one attached hydrogen (secondary N) is 1. The summed E-state index contributed by atoms with van der Waals surface area (Å²) in [7, 11) is 3.82. The lowest BCUT2D eigenvalue weighted by Crippen LogP contribution is -2.38. The van der Waals surface area contributed by atoms with Gasteiger partial charge in [0.15, 0.2) is 5.96 Å². The first-order valence-corrected chi connectivity index (χ1v) is 9.33. The molecular formula is C16H26IN5S2. The molecular weight excluding hydrogens is 453 g/mol. The van der Waals surface area contributed by atoms with Crippen LogP contribution in [0.3, 0.4) is 0 Å². The molecule has 0 atom stereocenters. The summed E-state index contributed by atoms with van der Waals surface area (Å²) in [5.74, 6) is 0.850. The van der Waals surface area contributed by atoms with Crippen molar-refractivity contribution < 1.29 is 0 Å². The maximum atomic E-state index is 4.71. The van der Waals surface area contributed by atoms with Gasteiger partial charge in [0.1, 0.15) is 5.01 Å². The predicted molar refractivity (Wildman–Crippen MR) is 115 cm³/mol. The van der Waals surface area contributed by atoms with Gasteiger partial charge in [-0.05, 0) is 6.92 Å². The van der Waals surface area contributed by atoms with Crippen LogP contribution >= 0.6 is 46.7 Å². The summed E-state index contributed by atoms with van der Waals surface area (Å²) < 4.78 is 0. The summed E-state index contributed by atoms with van der Waals surface area (Å²) in [6.45, 7) is 10.0. The van der Waals surface area contributed by atoms with E-state index in [1.807, 2.05) is 14.0 Å². The van der Waals surface area contributed by atoms with Crippen LogP contribution in [0.1, 0.15) is 42.2 Å². The van der Waals surface area contributed by atoms with E-state index >= 15 is 0 Å². The monoisotopic (exact) mass is 479 g/mol. The Balaban J connectivity index is 0.00000288. The third kappa shape index (κ3) is 5.96. The van der Waals surface area contributed by atoms with Gasteiger partial charge < -0.3 is 10.2 Å². The summed E-state index contributed by atoms with van der Waals surface area (Å²) in [6, 6.07) is 0. The molecule has 0 aliphatic rings. The third-order valence-corrected chi connectivity index (χ3v) is 5.03. The van der Waals surface area contributed by atoms with Crippen LogP contribution in [-0.2, 0) is 18.5 Å². The molecule has 0 radical (unpaired) electrons. The highest BCUT2D eigenvalue weighted by Gasteiger charge is 2.17. The molecule has 0 saturated heterocycles. The van der Waals surface area contributed by atoms with Crippen molar-refractivity contribution in [2.24, 2.45) is 4.99 Å². The lowest BCUT2D eigenvalue weighted by molar-refractivity contribution is 0.470. The molecule has 0 fully saturated rings. The maximum Gasteiger partial charge on any atom is 0.194 e. The van der Waals surface area contributed by atoms with E-state index in [4.69, 9.17) is 4.98 Å². The topological polar surface area (TPSA) is 53.4 Å². The molecule has 24 heavy (non-hydrogen) atoms.